The average molecular weight is 381 g/mol. The Balaban J connectivity index is 1.89. The first-order valence-corrected chi connectivity index (χ1v) is 8.59. The number of aromatic nitrogens is 3. The van der Waals surface area contributed by atoms with Crippen LogP contribution in [0.5, 0.6) is 0 Å². The van der Waals surface area contributed by atoms with Gasteiger partial charge in [-0.1, -0.05) is 23.7 Å². The van der Waals surface area contributed by atoms with E-state index >= 15 is 0 Å². The zero-order chi connectivity index (χ0) is 19.0. The van der Waals surface area contributed by atoms with Gasteiger partial charge in [0.2, 0.25) is 0 Å². The Kier molecular flexibility index (Phi) is 4.95. The Bertz CT molecular complexity index is 866. The maximum Gasteiger partial charge on any atom is 0.308 e. The smallest absolute Gasteiger partial charge is 0.308 e. The zero-order valence-electron chi connectivity index (χ0n) is 14.3. The molecule has 1 N–H and O–H groups in total. The van der Waals surface area contributed by atoms with E-state index in [-0.39, 0.29) is 29.2 Å². The fraction of sp³-hybridized carbons (Fsp3) is 0.412. The highest BCUT2D eigenvalue weighted by Gasteiger charge is 2.36. The maximum atomic E-state index is 13.4. The Morgan fingerprint density at radius 2 is 2.15 bits per heavy atom. The van der Waals surface area contributed by atoms with Gasteiger partial charge >= 0.3 is 5.97 Å². The standard InChI is InChI=1S/C17H18ClFN4O3/c1-9(17(25)26)8-22(11-3-4-11)16(24)15-10(2)23(21-20-15)12-5-6-14(19)13(18)7-12/h5-7,9,11H,3-4,8H2,1-2H3,(H,25,26). The van der Waals surface area contributed by atoms with Gasteiger partial charge in [-0.2, -0.15) is 0 Å². The van der Waals surface area contributed by atoms with E-state index in [1.807, 2.05) is 0 Å². The van der Waals surface area contributed by atoms with Gasteiger partial charge in [0.1, 0.15) is 5.82 Å². The fourth-order valence-corrected chi connectivity index (χ4v) is 2.86. The van der Waals surface area contributed by atoms with E-state index in [4.69, 9.17) is 16.7 Å². The summed E-state index contributed by atoms with van der Waals surface area (Å²) in [6, 6.07) is 4.14. The Labute approximate surface area is 154 Å². The lowest BCUT2D eigenvalue weighted by Crippen LogP contribution is -2.39. The van der Waals surface area contributed by atoms with Crippen LogP contribution in [0.3, 0.4) is 0 Å². The number of rotatable bonds is 6. The van der Waals surface area contributed by atoms with Crippen LogP contribution < -0.4 is 0 Å². The Hall–Kier alpha value is -2.48. The van der Waals surface area contributed by atoms with E-state index in [0.29, 0.717) is 11.4 Å². The molecule has 1 aromatic carbocycles. The molecule has 138 valence electrons. The maximum absolute atomic E-state index is 13.4. The molecule has 0 radical (unpaired) electrons. The van der Waals surface area contributed by atoms with Crippen molar-refractivity contribution in [1.82, 2.24) is 19.9 Å². The van der Waals surface area contributed by atoms with Gasteiger partial charge in [-0.05, 0) is 38.0 Å². The number of hydrogen-bond donors (Lipinski definition) is 1. The van der Waals surface area contributed by atoms with E-state index in [0.717, 1.165) is 12.8 Å². The summed E-state index contributed by atoms with van der Waals surface area (Å²) < 4.78 is 14.8. The summed E-state index contributed by atoms with van der Waals surface area (Å²) >= 11 is 5.81. The van der Waals surface area contributed by atoms with Crippen molar-refractivity contribution < 1.29 is 19.1 Å². The highest BCUT2D eigenvalue weighted by molar-refractivity contribution is 6.30. The second-order valence-electron chi connectivity index (χ2n) is 6.46. The first-order chi connectivity index (χ1) is 12.3. The van der Waals surface area contributed by atoms with Crippen molar-refractivity contribution in [2.45, 2.75) is 32.7 Å². The third kappa shape index (κ3) is 3.55. The quantitative estimate of drug-likeness (QED) is 0.832. The summed E-state index contributed by atoms with van der Waals surface area (Å²) in [4.78, 5) is 25.6. The van der Waals surface area contributed by atoms with Gasteiger partial charge in [-0.15, -0.1) is 5.10 Å². The summed E-state index contributed by atoms with van der Waals surface area (Å²) in [5.41, 5.74) is 1.11. The van der Waals surface area contributed by atoms with E-state index in [1.165, 1.54) is 22.9 Å². The SMILES string of the molecule is Cc1c(C(=O)N(CC(C)C(=O)O)C2CC2)nnn1-c1ccc(F)c(Cl)c1. The minimum absolute atomic E-state index is 0.0362. The second-order valence-corrected chi connectivity index (χ2v) is 6.87. The zero-order valence-corrected chi connectivity index (χ0v) is 15.1. The third-order valence-electron chi connectivity index (χ3n) is 4.39. The molecule has 3 rings (SSSR count). The van der Waals surface area contributed by atoms with E-state index in [9.17, 15) is 14.0 Å². The minimum Gasteiger partial charge on any atom is -0.481 e. The molecule has 1 fully saturated rings. The van der Waals surface area contributed by atoms with E-state index < -0.39 is 17.7 Å². The molecule has 0 bridgehead atoms. The van der Waals surface area contributed by atoms with Gasteiger partial charge in [0, 0.05) is 12.6 Å². The first-order valence-electron chi connectivity index (χ1n) is 8.21. The number of halogens is 2. The molecule has 7 nitrogen and oxygen atoms in total. The molecule has 1 amide bonds. The van der Waals surface area contributed by atoms with Crippen molar-refractivity contribution in [3.8, 4) is 5.69 Å². The number of aliphatic carboxylic acids is 1. The lowest BCUT2D eigenvalue weighted by Gasteiger charge is -2.23. The largest absolute Gasteiger partial charge is 0.481 e. The third-order valence-corrected chi connectivity index (χ3v) is 4.68. The predicted octanol–water partition coefficient (Wildman–Crippen LogP) is 2.69. The van der Waals surface area contributed by atoms with Crippen molar-refractivity contribution in [3.63, 3.8) is 0 Å². The molecule has 0 aliphatic heterocycles. The van der Waals surface area contributed by atoms with Gasteiger partial charge in [0.05, 0.1) is 22.3 Å². The van der Waals surface area contributed by atoms with Crippen LogP contribution >= 0.6 is 11.6 Å². The molecule has 9 heteroatoms. The molecule has 1 unspecified atom stereocenters. The molecule has 1 saturated carbocycles. The van der Waals surface area contributed by atoms with Crippen LogP contribution in [0.2, 0.25) is 5.02 Å². The van der Waals surface area contributed by atoms with Crippen LogP contribution in [-0.4, -0.2) is 49.5 Å². The van der Waals surface area contributed by atoms with E-state index in [2.05, 4.69) is 10.3 Å². The van der Waals surface area contributed by atoms with Gasteiger partial charge in [0.15, 0.2) is 5.69 Å². The number of carboxylic acid groups (broad SMARTS) is 1. The van der Waals surface area contributed by atoms with Crippen molar-refractivity contribution in [2.75, 3.05) is 6.54 Å². The molecule has 26 heavy (non-hydrogen) atoms. The summed E-state index contributed by atoms with van der Waals surface area (Å²) in [7, 11) is 0. The molecular formula is C17H18ClFN4O3. The van der Waals surface area contributed by atoms with Crippen LogP contribution in [-0.2, 0) is 4.79 Å². The monoisotopic (exact) mass is 380 g/mol. The minimum atomic E-state index is -0.954. The number of nitrogens with zero attached hydrogens (tertiary/aromatic N) is 4. The normalized spacial score (nSPS) is 14.9. The van der Waals surface area contributed by atoms with Gasteiger partial charge in [0.25, 0.3) is 5.91 Å². The highest BCUT2D eigenvalue weighted by atomic mass is 35.5. The van der Waals surface area contributed by atoms with Crippen LogP contribution in [0.15, 0.2) is 18.2 Å². The number of hydrogen-bond acceptors (Lipinski definition) is 4. The lowest BCUT2D eigenvalue weighted by atomic mass is 10.1. The molecule has 2 aromatic rings. The summed E-state index contributed by atoms with van der Waals surface area (Å²) in [6.45, 7) is 3.36. The van der Waals surface area contributed by atoms with E-state index in [1.54, 1.807) is 18.7 Å². The first kappa shape index (κ1) is 18.3. The molecule has 1 aromatic heterocycles. The molecule has 1 aliphatic carbocycles. The van der Waals surface area contributed by atoms with Crippen LogP contribution in [0.25, 0.3) is 5.69 Å². The molecule has 1 heterocycles. The van der Waals surface area contributed by atoms with Crippen molar-refractivity contribution in [1.29, 1.82) is 0 Å². The molecule has 1 aliphatic rings. The molecule has 0 spiro atoms. The van der Waals surface area contributed by atoms with Crippen molar-refractivity contribution in [2.24, 2.45) is 5.92 Å². The highest BCUT2D eigenvalue weighted by Crippen LogP contribution is 2.29. The number of carboxylic acids is 1. The van der Waals surface area contributed by atoms with Crippen molar-refractivity contribution >= 4 is 23.5 Å². The predicted molar refractivity (Wildman–Crippen MR) is 91.9 cm³/mol. The van der Waals surface area contributed by atoms with Gasteiger partial charge in [-0.3, -0.25) is 9.59 Å². The molecule has 0 saturated heterocycles. The average Bonchev–Trinajstić information content (AvgIpc) is 3.36. The van der Waals surface area contributed by atoms with Crippen LogP contribution in [0.4, 0.5) is 4.39 Å². The van der Waals surface area contributed by atoms with Gasteiger partial charge in [-0.25, -0.2) is 9.07 Å². The molecule has 1 atom stereocenters. The second kappa shape index (κ2) is 7.03. The van der Waals surface area contributed by atoms with Crippen LogP contribution in [0, 0.1) is 18.7 Å². The summed E-state index contributed by atoms with van der Waals surface area (Å²) in [6.07, 6.45) is 1.69. The van der Waals surface area contributed by atoms with Crippen LogP contribution in [0.1, 0.15) is 35.9 Å². The molecular weight excluding hydrogens is 363 g/mol. The number of carbonyl (C=O) groups is 2. The number of benzene rings is 1. The lowest BCUT2D eigenvalue weighted by molar-refractivity contribution is -0.141. The fourth-order valence-electron chi connectivity index (χ4n) is 2.68. The Morgan fingerprint density at radius 1 is 1.46 bits per heavy atom. The number of amides is 1. The Morgan fingerprint density at radius 3 is 2.73 bits per heavy atom. The number of carbonyl (C=O) groups excluding carboxylic acids is 1. The summed E-state index contributed by atoms with van der Waals surface area (Å²) in [5, 5.41) is 17.0. The summed E-state index contributed by atoms with van der Waals surface area (Å²) in [5.74, 6) is -2.53. The van der Waals surface area contributed by atoms with Crippen molar-refractivity contribution in [3.05, 3.63) is 40.4 Å². The topological polar surface area (TPSA) is 88.3 Å². The van der Waals surface area contributed by atoms with Gasteiger partial charge < -0.3 is 10.0 Å².